The van der Waals surface area contributed by atoms with Crippen molar-refractivity contribution in [1.29, 1.82) is 0 Å². The molecule has 0 rings (SSSR count). The van der Waals surface area contributed by atoms with Gasteiger partial charge in [-0.3, -0.25) is 9.63 Å². The fourth-order valence-corrected chi connectivity index (χ4v) is 2.76. The van der Waals surface area contributed by atoms with Crippen LogP contribution in [-0.4, -0.2) is 12.5 Å². The maximum Gasteiger partial charge on any atom is 0.267 e. The average Bonchev–Trinajstić information content (AvgIpc) is 2.61. The zero-order chi connectivity index (χ0) is 21.2. The van der Waals surface area contributed by atoms with Crippen LogP contribution in [0.4, 0.5) is 0 Å². The van der Waals surface area contributed by atoms with Crippen LogP contribution in [0, 0.1) is 0 Å². The van der Waals surface area contributed by atoms with Gasteiger partial charge in [0.1, 0.15) is 0 Å². The van der Waals surface area contributed by atoms with Crippen molar-refractivity contribution in [1.82, 2.24) is 5.48 Å². The predicted molar refractivity (Wildman–Crippen MR) is 122 cm³/mol. The van der Waals surface area contributed by atoms with Crippen molar-refractivity contribution >= 4 is 5.91 Å². The minimum absolute atomic E-state index is 0.163. The lowest BCUT2D eigenvalue weighted by atomic mass is 10.0. The van der Waals surface area contributed by atoms with Gasteiger partial charge >= 0.3 is 0 Å². The van der Waals surface area contributed by atoms with Crippen LogP contribution in [0.15, 0.2) is 46.6 Å². The molecule has 3 heteroatoms. The standard InChI is InChI=1S/C25H43NO2/c1-7-8-9-19-28-26-25(27)20-24(6)18-12-17-23(5)16-11-15-22(4)14-10-13-21(2)3/h13,15,17,20H,7-12,14,16,18-19H2,1-6H3,(H,26,27). The van der Waals surface area contributed by atoms with Gasteiger partial charge in [0.25, 0.3) is 5.91 Å². The maximum absolute atomic E-state index is 11.8. The number of carbonyl (C=O) groups excluding carboxylic acids is 1. The van der Waals surface area contributed by atoms with Crippen molar-refractivity contribution in [2.24, 2.45) is 0 Å². The van der Waals surface area contributed by atoms with Gasteiger partial charge in [-0.1, -0.05) is 60.3 Å². The van der Waals surface area contributed by atoms with Crippen molar-refractivity contribution in [3.05, 3.63) is 46.6 Å². The van der Waals surface area contributed by atoms with Crippen LogP contribution in [0.1, 0.15) is 99.3 Å². The van der Waals surface area contributed by atoms with Gasteiger partial charge in [0.05, 0.1) is 6.61 Å². The Hall–Kier alpha value is -1.61. The van der Waals surface area contributed by atoms with E-state index < -0.39 is 0 Å². The summed E-state index contributed by atoms with van der Waals surface area (Å²) >= 11 is 0. The van der Waals surface area contributed by atoms with E-state index in [0.29, 0.717) is 6.61 Å². The molecule has 0 aromatic carbocycles. The molecule has 0 saturated carbocycles. The molecule has 0 aromatic heterocycles. The third kappa shape index (κ3) is 17.8. The molecule has 3 nitrogen and oxygen atoms in total. The highest BCUT2D eigenvalue weighted by Crippen LogP contribution is 2.13. The normalized spacial score (nSPS) is 12.9. The van der Waals surface area contributed by atoms with E-state index in [-0.39, 0.29) is 5.91 Å². The van der Waals surface area contributed by atoms with Crippen LogP contribution in [0.3, 0.4) is 0 Å². The molecule has 1 N–H and O–H groups in total. The Morgan fingerprint density at radius 1 is 0.786 bits per heavy atom. The molecule has 0 unspecified atom stereocenters. The fourth-order valence-electron chi connectivity index (χ4n) is 2.76. The first kappa shape index (κ1) is 26.4. The number of hydrogen-bond acceptors (Lipinski definition) is 2. The van der Waals surface area contributed by atoms with Crippen LogP contribution in [-0.2, 0) is 9.63 Å². The molecule has 0 saturated heterocycles. The van der Waals surface area contributed by atoms with Crippen molar-refractivity contribution in [2.45, 2.75) is 99.3 Å². The summed E-state index contributed by atoms with van der Waals surface area (Å²) < 4.78 is 0. The molecule has 0 aliphatic heterocycles. The number of nitrogens with one attached hydrogen (secondary N) is 1. The number of carbonyl (C=O) groups is 1. The zero-order valence-corrected chi connectivity index (χ0v) is 19.2. The SMILES string of the molecule is CCCCCONC(=O)C=C(C)CCC=C(C)CCC=C(C)CCC=C(C)C. The second-order valence-corrected chi connectivity index (χ2v) is 8.01. The lowest BCUT2D eigenvalue weighted by Crippen LogP contribution is -2.22. The molecule has 0 aliphatic carbocycles. The highest BCUT2D eigenvalue weighted by Gasteiger charge is 1.98. The van der Waals surface area contributed by atoms with Gasteiger partial charge in [0, 0.05) is 6.08 Å². The van der Waals surface area contributed by atoms with Crippen LogP contribution in [0.5, 0.6) is 0 Å². The molecular weight excluding hydrogens is 346 g/mol. The Bertz CT molecular complexity index is 549. The molecule has 0 spiro atoms. The maximum atomic E-state index is 11.8. The molecule has 0 aromatic rings. The Kier molecular flexibility index (Phi) is 16.5. The van der Waals surface area contributed by atoms with Gasteiger partial charge < -0.3 is 0 Å². The second kappa shape index (κ2) is 17.5. The van der Waals surface area contributed by atoms with E-state index in [0.717, 1.165) is 63.4 Å². The van der Waals surface area contributed by atoms with E-state index in [4.69, 9.17) is 4.84 Å². The summed E-state index contributed by atoms with van der Waals surface area (Å²) in [5, 5.41) is 0. The Labute approximate surface area is 174 Å². The highest BCUT2D eigenvalue weighted by atomic mass is 16.6. The van der Waals surface area contributed by atoms with Gasteiger partial charge in [0.15, 0.2) is 0 Å². The summed E-state index contributed by atoms with van der Waals surface area (Å²) in [6.07, 6.45) is 18.2. The molecule has 0 bridgehead atoms. The van der Waals surface area contributed by atoms with Gasteiger partial charge in [0.2, 0.25) is 0 Å². The lowest BCUT2D eigenvalue weighted by molar-refractivity contribution is -0.128. The molecule has 0 radical (unpaired) electrons. The fraction of sp³-hybridized carbons (Fsp3) is 0.640. The number of rotatable bonds is 15. The van der Waals surface area contributed by atoms with Gasteiger partial charge in [-0.15, -0.1) is 0 Å². The predicted octanol–water partition coefficient (Wildman–Crippen LogP) is 7.37. The summed E-state index contributed by atoms with van der Waals surface area (Å²) in [6.45, 7) is 13.5. The Morgan fingerprint density at radius 3 is 1.86 bits per heavy atom. The van der Waals surface area contributed by atoms with Crippen molar-refractivity contribution < 1.29 is 9.63 Å². The van der Waals surface area contributed by atoms with Crippen molar-refractivity contribution in [3.63, 3.8) is 0 Å². The number of hydroxylamine groups is 1. The van der Waals surface area contributed by atoms with Gasteiger partial charge in [-0.2, -0.15) is 0 Å². The van der Waals surface area contributed by atoms with E-state index >= 15 is 0 Å². The number of amides is 1. The van der Waals surface area contributed by atoms with Crippen LogP contribution in [0.25, 0.3) is 0 Å². The van der Waals surface area contributed by atoms with Gasteiger partial charge in [-0.25, -0.2) is 5.48 Å². The first-order valence-electron chi connectivity index (χ1n) is 10.9. The van der Waals surface area contributed by atoms with Crippen LogP contribution >= 0.6 is 0 Å². The zero-order valence-electron chi connectivity index (χ0n) is 19.2. The summed E-state index contributed by atoms with van der Waals surface area (Å²) in [6, 6.07) is 0. The minimum atomic E-state index is -0.163. The smallest absolute Gasteiger partial charge is 0.267 e. The first-order chi connectivity index (χ1) is 13.3. The monoisotopic (exact) mass is 389 g/mol. The lowest BCUT2D eigenvalue weighted by Gasteiger charge is -2.04. The topological polar surface area (TPSA) is 38.3 Å². The average molecular weight is 390 g/mol. The second-order valence-electron chi connectivity index (χ2n) is 8.01. The van der Waals surface area contributed by atoms with E-state index in [9.17, 15) is 4.79 Å². The molecule has 160 valence electrons. The number of unbranched alkanes of at least 4 members (excludes halogenated alkanes) is 2. The minimum Gasteiger partial charge on any atom is -0.273 e. The molecule has 0 aliphatic rings. The first-order valence-corrected chi connectivity index (χ1v) is 10.9. The molecule has 28 heavy (non-hydrogen) atoms. The van der Waals surface area contributed by atoms with Gasteiger partial charge in [-0.05, 0) is 79.6 Å². The van der Waals surface area contributed by atoms with E-state index in [1.165, 1.54) is 16.7 Å². The number of hydrogen-bond donors (Lipinski definition) is 1. The van der Waals surface area contributed by atoms with Crippen molar-refractivity contribution in [2.75, 3.05) is 6.61 Å². The third-order valence-electron chi connectivity index (χ3n) is 4.55. The molecule has 1 amide bonds. The summed E-state index contributed by atoms with van der Waals surface area (Å²) in [7, 11) is 0. The largest absolute Gasteiger partial charge is 0.273 e. The van der Waals surface area contributed by atoms with Crippen LogP contribution in [0.2, 0.25) is 0 Å². The molecular formula is C25H43NO2. The number of allylic oxidation sites excluding steroid dienone is 7. The molecule has 0 atom stereocenters. The van der Waals surface area contributed by atoms with Crippen LogP contribution < -0.4 is 5.48 Å². The van der Waals surface area contributed by atoms with E-state index in [2.05, 4.69) is 58.3 Å². The Balaban J connectivity index is 4.02. The summed E-state index contributed by atoms with van der Waals surface area (Å²) in [4.78, 5) is 16.9. The van der Waals surface area contributed by atoms with E-state index in [1.807, 2.05) is 6.92 Å². The van der Waals surface area contributed by atoms with Crippen molar-refractivity contribution in [3.8, 4) is 0 Å². The third-order valence-corrected chi connectivity index (χ3v) is 4.55. The highest BCUT2D eigenvalue weighted by molar-refractivity contribution is 5.87. The molecule has 0 fully saturated rings. The molecule has 0 heterocycles. The summed E-state index contributed by atoms with van der Waals surface area (Å²) in [5.41, 5.74) is 7.86. The summed E-state index contributed by atoms with van der Waals surface area (Å²) in [5.74, 6) is -0.163. The van der Waals surface area contributed by atoms with E-state index in [1.54, 1.807) is 6.08 Å². The quantitative estimate of drug-likeness (QED) is 0.137. The Morgan fingerprint density at radius 2 is 1.32 bits per heavy atom.